The highest BCUT2D eigenvalue weighted by atomic mass is 16.5. The largest absolute Gasteiger partial charge is 0.496 e. The zero-order valence-corrected chi connectivity index (χ0v) is 11.3. The van der Waals surface area contributed by atoms with Crippen LogP contribution in [0.25, 0.3) is 0 Å². The molecule has 96 valence electrons. The average Bonchev–Trinajstić information content (AvgIpc) is 2.23. The van der Waals surface area contributed by atoms with Crippen molar-refractivity contribution in [3.05, 3.63) is 29.3 Å². The molecule has 0 amide bonds. The normalized spacial score (nSPS) is 11.6. The summed E-state index contributed by atoms with van der Waals surface area (Å²) in [5.41, 5.74) is 8.27. The van der Waals surface area contributed by atoms with Gasteiger partial charge in [0.05, 0.1) is 7.11 Å². The van der Waals surface area contributed by atoms with E-state index in [1.165, 1.54) is 11.1 Å². The van der Waals surface area contributed by atoms with Crippen molar-refractivity contribution in [2.75, 3.05) is 13.7 Å². The molecule has 3 N–H and O–H groups in total. The molecule has 0 unspecified atom stereocenters. The van der Waals surface area contributed by atoms with E-state index in [1.54, 1.807) is 7.11 Å². The smallest absolute Gasteiger partial charge is 0.123 e. The Bertz CT molecular complexity index is 356. The number of ether oxygens (including phenoxy) is 1. The summed E-state index contributed by atoms with van der Waals surface area (Å²) in [6.07, 6.45) is 0.959. The lowest BCUT2D eigenvalue weighted by Crippen LogP contribution is -2.35. The SMILES string of the molecule is COc1ccc(C)cc1CNCCC(C)(C)N. The lowest BCUT2D eigenvalue weighted by molar-refractivity contribution is 0.405. The van der Waals surface area contributed by atoms with Gasteiger partial charge in [-0.25, -0.2) is 0 Å². The highest BCUT2D eigenvalue weighted by Gasteiger charge is 2.09. The lowest BCUT2D eigenvalue weighted by atomic mass is 10.0. The van der Waals surface area contributed by atoms with Crippen LogP contribution in [-0.2, 0) is 6.54 Å². The fourth-order valence-corrected chi connectivity index (χ4v) is 1.68. The van der Waals surface area contributed by atoms with E-state index in [4.69, 9.17) is 10.5 Å². The molecule has 1 rings (SSSR count). The maximum absolute atomic E-state index is 5.93. The Morgan fingerprint density at radius 1 is 1.35 bits per heavy atom. The second-order valence-corrected chi connectivity index (χ2v) is 5.23. The summed E-state index contributed by atoms with van der Waals surface area (Å²) in [6, 6.07) is 6.23. The minimum absolute atomic E-state index is 0.107. The standard InChI is InChI=1S/C14H24N2O/c1-11-5-6-13(17-4)12(9-11)10-16-8-7-14(2,3)15/h5-6,9,16H,7-8,10,15H2,1-4H3. The van der Waals surface area contributed by atoms with Crippen molar-refractivity contribution in [2.24, 2.45) is 5.73 Å². The Balaban J connectivity index is 2.48. The topological polar surface area (TPSA) is 47.3 Å². The minimum atomic E-state index is -0.107. The van der Waals surface area contributed by atoms with Gasteiger partial charge >= 0.3 is 0 Å². The lowest BCUT2D eigenvalue weighted by Gasteiger charge is -2.18. The predicted molar refractivity (Wildman–Crippen MR) is 72.3 cm³/mol. The van der Waals surface area contributed by atoms with Gasteiger partial charge in [0, 0.05) is 17.6 Å². The first-order valence-corrected chi connectivity index (χ1v) is 6.05. The van der Waals surface area contributed by atoms with Gasteiger partial charge in [0.1, 0.15) is 5.75 Å². The molecule has 0 saturated heterocycles. The third-order valence-electron chi connectivity index (χ3n) is 2.70. The van der Waals surface area contributed by atoms with E-state index in [1.807, 2.05) is 19.9 Å². The number of rotatable bonds is 6. The second kappa shape index (κ2) is 6.03. The van der Waals surface area contributed by atoms with Gasteiger partial charge in [0.15, 0.2) is 0 Å². The molecular weight excluding hydrogens is 212 g/mol. The molecule has 0 spiro atoms. The third kappa shape index (κ3) is 5.20. The molecule has 0 fully saturated rings. The monoisotopic (exact) mass is 236 g/mol. The summed E-state index contributed by atoms with van der Waals surface area (Å²) in [5.74, 6) is 0.940. The molecule has 0 aliphatic carbocycles. The Morgan fingerprint density at radius 2 is 2.06 bits per heavy atom. The zero-order valence-electron chi connectivity index (χ0n) is 11.3. The van der Waals surface area contributed by atoms with Crippen LogP contribution < -0.4 is 15.8 Å². The third-order valence-corrected chi connectivity index (χ3v) is 2.70. The van der Waals surface area contributed by atoms with Crippen LogP contribution in [0.1, 0.15) is 31.4 Å². The molecule has 0 atom stereocenters. The molecule has 0 aliphatic heterocycles. The van der Waals surface area contributed by atoms with Gasteiger partial charge in [-0.2, -0.15) is 0 Å². The molecule has 3 nitrogen and oxygen atoms in total. The predicted octanol–water partition coefficient (Wildman–Crippen LogP) is 2.22. The van der Waals surface area contributed by atoms with Crippen LogP contribution in [0.2, 0.25) is 0 Å². The molecule has 0 saturated carbocycles. The van der Waals surface area contributed by atoms with Crippen molar-refractivity contribution >= 4 is 0 Å². The summed E-state index contributed by atoms with van der Waals surface area (Å²) < 4.78 is 5.33. The summed E-state index contributed by atoms with van der Waals surface area (Å²) in [6.45, 7) is 7.91. The van der Waals surface area contributed by atoms with E-state index in [0.29, 0.717) is 0 Å². The van der Waals surface area contributed by atoms with Crippen LogP contribution in [0.3, 0.4) is 0 Å². The number of hydrogen-bond acceptors (Lipinski definition) is 3. The molecule has 1 aromatic rings. The molecular formula is C14H24N2O. The van der Waals surface area contributed by atoms with Crippen LogP contribution >= 0.6 is 0 Å². The highest BCUT2D eigenvalue weighted by Crippen LogP contribution is 2.19. The van der Waals surface area contributed by atoms with E-state index in [-0.39, 0.29) is 5.54 Å². The van der Waals surface area contributed by atoms with E-state index < -0.39 is 0 Å². The quantitative estimate of drug-likeness (QED) is 0.745. The van der Waals surface area contributed by atoms with Crippen LogP contribution in [0, 0.1) is 6.92 Å². The molecule has 0 aromatic heterocycles. The summed E-state index contributed by atoms with van der Waals surface area (Å²) in [7, 11) is 1.71. The van der Waals surface area contributed by atoms with Crippen molar-refractivity contribution in [1.29, 1.82) is 0 Å². The first-order chi connectivity index (χ1) is 7.92. The van der Waals surface area contributed by atoms with E-state index in [2.05, 4.69) is 24.4 Å². The van der Waals surface area contributed by atoms with Gasteiger partial charge in [0.2, 0.25) is 0 Å². The molecule has 0 aliphatic rings. The van der Waals surface area contributed by atoms with Crippen molar-refractivity contribution in [3.63, 3.8) is 0 Å². The summed E-state index contributed by atoms with van der Waals surface area (Å²) >= 11 is 0. The molecule has 0 bridgehead atoms. The molecule has 0 heterocycles. The van der Waals surface area contributed by atoms with Gasteiger partial charge < -0.3 is 15.8 Å². The fourth-order valence-electron chi connectivity index (χ4n) is 1.68. The second-order valence-electron chi connectivity index (χ2n) is 5.23. The van der Waals surface area contributed by atoms with Gasteiger partial charge in [-0.15, -0.1) is 0 Å². The van der Waals surface area contributed by atoms with Crippen molar-refractivity contribution in [2.45, 2.75) is 39.3 Å². The van der Waals surface area contributed by atoms with Crippen molar-refractivity contribution in [3.8, 4) is 5.75 Å². The van der Waals surface area contributed by atoms with Gasteiger partial charge in [0.25, 0.3) is 0 Å². The van der Waals surface area contributed by atoms with Crippen LogP contribution in [0.5, 0.6) is 5.75 Å². The van der Waals surface area contributed by atoms with Crippen molar-refractivity contribution in [1.82, 2.24) is 5.32 Å². The number of nitrogens with one attached hydrogen (secondary N) is 1. The first-order valence-electron chi connectivity index (χ1n) is 6.05. The van der Waals surface area contributed by atoms with Crippen LogP contribution in [0.4, 0.5) is 0 Å². The van der Waals surface area contributed by atoms with Gasteiger partial charge in [-0.3, -0.25) is 0 Å². The summed E-state index contributed by atoms with van der Waals surface area (Å²) in [4.78, 5) is 0. The number of aryl methyl sites for hydroxylation is 1. The van der Waals surface area contributed by atoms with Crippen LogP contribution in [-0.4, -0.2) is 19.2 Å². The number of benzene rings is 1. The maximum atomic E-state index is 5.93. The first kappa shape index (κ1) is 14.0. The summed E-state index contributed by atoms with van der Waals surface area (Å²) in [5, 5.41) is 3.40. The zero-order chi connectivity index (χ0) is 12.9. The van der Waals surface area contributed by atoms with Gasteiger partial charge in [-0.05, 0) is 39.8 Å². The number of hydrogen-bond donors (Lipinski definition) is 2. The number of methoxy groups -OCH3 is 1. The molecule has 0 radical (unpaired) electrons. The molecule has 17 heavy (non-hydrogen) atoms. The van der Waals surface area contributed by atoms with E-state index in [9.17, 15) is 0 Å². The maximum Gasteiger partial charge on any atom is 0.123 e. The number of nitrogens with two attached hydrogens (primary N) is 1. The fraction of sp³-hybridized carbons (Fsp3) is 0.571. The Morgan fingerprint density at radius 3 is 2.65 bits per heavy atom. The average molecular weight is 236 g/mol. The Hall–Kier alpha value is -1.06. The van der Waals surface area contributed by atoms with Gasteiger partial charge in [-0.1, -0.05) is 17.7 Å². The molecule has 3 heteroatoms. The minimum Gasteiger partial charge on any atom is -0.496 e. The molecule has 1 aromatic carbocycles. The Labute approximate surface area is 104 Å². The van der Waals surface area contributed by atoms with Crippen molar-refractivity contribution < 1.29 is 4.74 Å². The Kier molecular flexibility index (Phi) is 4.97. The highest BCUT2D eigenvalue weighted by molar-refractivity contribution is 5.36. The van der Waals surface area contributed by atoms with E-state index in [0.717, 1.165) is 25.3 Å². The van der Waals surface area contributed by atoms with Crippen LogP contribution in [0.15, 0.2) is 18.2 Å². The van der Waals surface area contributed by atoms with E-state index >= 15 is 0 Å².